The number of halogens is 1. The summed E-state index contributed by atoms with van der Waals surface area (Å²) in [5, 5.41) is 19.1. The Morgan fingerprint density at radius 3 is 2.48 bits per heavy atom. The van der Waals surface area contributed by atoms with E-state index in [1.54, 1.807) is 23.5 Å². The highest BCUT2D eigenvalue weighted by Crippen LogP contribution is 2.50. The summed E-state index contributed by atoms with van der Waals surface area (Å²) in [6.07, 6.45) is 0. The number of carbonyl (C=O) groups is 1. The van der Waals surface area contributed by atoms with Crippen LogP contribution in [0.25, 0.3) is 21.5 Å². The number of rotatable bonds is 9. The molecule has 0 saturated carbocycles. The molecule has 1 atom stereocenters. The van der Waals surface area contributed by atoms with E-state index in [9.17, 15) is 10.1 Å². The van der Waals surface area contributed by atoms with Gasteiger partial charge < -0.3 is 15.4 Å². The lowest BCUT2D eigenvalue weighted by Crippen LogP contribution is -2.25. The molecule has 0 fully saturated rings. The molecule has 6 rings (SSSR count). The Hall–Kier alpha value is -4.55. The fraction of sp³-hybridized carbons (Fsp3) is 0.114. The summed E-state index contributed by atoms with van der Waals surface area (Å²) in [6.45, 7) is 2.49. The number of allylic oxidation sites excluding steroid dienone is 2. The summed E-state index contributed by atoms with van der Waals surface area (Å²) in [6, 6.07) is 35.3. The molecule has 0 bridgehead atoms. The van der Waals surface area contributed by atoms with Gasteiger partial charge in [-0.1, -0.05) is 84.0 Å². The lowest BCUT2D eigenvalue weighted by molar-refractivity contribution is -0.113. The Morgan fingerprint density at radius 2 is 1.75 bits per heavy atom. The molecule has 1 aliphatic heterocycles. The van der Waals surface area contributed by atoms with Crippen molar-refractivity contribution >= 4 is 67.8 Å². The zero-order valence-electron chi connectivity index (χ0n) is 23.7. The number of nitriles is 1. The van der Waals surface area contributed by atoms with Crippen LogP contribution in [0, 0.1) is 11.3 Å². The molecule has 1 unspecified atom stereocenters. The van der Waals surface area contributed by atoms with Crippen LogP contribution in [0.4, 0.5) is 5.69 Å². The first kappa shape index (κ1) is 29.5. The van der Waals surface area contributed by atoms with Crippen LogP contribution in [0.15, 0.2) is 114 Å². The third-order valence-electron chi connectivity index (χ3n) is 7.05. The number of thioether (sulfide) groups is 1. The molecule has 0 spiro atoms. The molecular weight excluding hydrogens is 608 g/mol. The molecule has 44 heavy (non-hydrogen) atoms. The van der Waals surface area contributed by atoms with E-state index in [1.807, 2.05) is 97.9 Å². The number of nitrogens with one attached hydrogen (secondary N) is 2. The molecule has 2 N–H and O–H groups in total. The van der Waals surface area contributed by atoms with Crippen molar-refractivity contribution in [2.75, 3.05) is 17.7 Å². The number of amides is 1. The molecule has 6 nitrogen and oxygen atoms in total. The van der Waals surface area contributed by atoms with E-state index < -0.39 is 5.92 Å². The molecule has 1 aromatic heterocycles. The molecule has 0 radical (unpaired) electrons. The predicted octanol–water partition coefficient (Wildman–Crippen LogP) is 8.71. The normalized spacial score (nSPS) is 14.7. The van der Waals surface area contributed by atoms with Gasteiger partial charge in [0.1, 0.15) is 10.8 Å². The first-order valence-electron chi connectivity index (χ1n) is 14.0. The van der Waals surface area contributed by atoms with Crippen molar-refractivity contribution in [2.45, 2.75) is 12.8 Å². The Labute approximate surface area is 269 Å². The van der Waals surface area contributed by atoms with E-state index in [0.29, 0.717) is 27.9 Å². The lowest BCUT2D eigenvalue weighted by Gasteiger charge is -2.31. The molecule has 0 aliphatic carbocycles. The van der Waals surface area contributed by atoms with Gasteiger partial charge in [0.15, 0.2) is 0 Å². The van der Waals surface area contributed by atoms with Gasteiger partial charge in [-0.3, -0.25) is 4.79 Å². The highest BCUT2D eigenvalue weighted by molar-refractivity contribution is 8.03. The minimum absolute atomic E-state index is 0.0918. The van der Waals surface area contributed by atoms with Crippen molar-refractivity contribution in [3.05, 3.63) is 135 Å². The Kier molecular flexibility index (Phi) is 8.99. The standard InChI is InChI=1S/C35H27ClN4O2S2/c1-2-42-24-18-16-23(17-19-24)38-30(41)21-43-34-26(20-37)31(25-12-6-7-13-27(25)36)32(33(40-34)22-10-4-3-5-11-22)35-39-28-14-8-9-15-29(28)44-35/h3-19,31,40H,2,21H2,1H3,(H,38,41). The van der Waals surface area contributed by atoms with Crippen molar-refractivity contribution in [1.82, 2.24) is 10.3 Å². The quantitative estimate of drug-likeness (QED) is 0.169. The lowest BCUT2D eigenvalue weighted by atomic mass is 9.81. The number of aromatic nitrogens is 1. The molecule has 1 amide bonds. The van der Waals surface area contributed by atoms with E-state index in [0.717, 1.165) is 43.4 Å². The average Bonchev–Trinajstić information content (AvgIpc) is 3.49. The summed E-state index contributed by atoms with van der Waals surface area (Å²) in [5.41, 5.74) is 5.46. The second kappa shape index (κ2) is 13.4. The number of anilines is 1. The van der Waals surface area contributed by atoms with Gasteiger partial charge in [-0.2, -0.15) is 5.26 Å². The average molecular weight is 635 g/mol. The van der Waals surface area contributed by atoms with Crippen LogP contribution in [0.2, 0.25) is 5.02 Å². The second-order valence-electron chi connectivity index (χ2n) is 9.87. The molecule has 2 heterocycles. The van der Waals surface area contributed by atoms with Crippen LogP contribution < -0.4 is 15.4 Å². The fourth-order valence-corrected chi connectivity index (χ4v) is 7.24. The van der Waals surface area contributed by atoms with Gasteiger partial charge in [-0.25, -0.2) is 4.98 Å². The number of hydrogen-bond acceptors (Lipinski definition) is 7. The third kappa shape index (κ3) is 6.22. The zero-order valence-corrected chi connectivity index (χ0v) is 26.1. The van der Waals surface area contributed by atoms with E-state index in [1.165, 1.54) is 11.8 Å². The molecule has 0 saturated heterocycles. The van der Waals surface area contributed by atoms with Crippen LogP contribution in [0.3, 0.4) is 0 Å². The zero-order chi connectivity index (χ0) is 30.5. The third-order valence-corrected chi connectivity index (χ3v) is 9.48. The number of fused-ring (bicyclic) bond motifs is 1. The maximum atomic E-state index is 13.1. The summed E-state index contributed by atoms with van der Waals surface area (Å²) in [5.74, 6) is 0.128. The van der Waals surface area contributed by atoms with Gasteiger partial charge in [0, 0.05) is 16.3 Å². The summed E-state index contributed by atoms with van der Waals surface area (Å²) < 4.78 is 6.55. The summed E-state index contributed by atoms with van der Waals surface area (Å²) in [4.78, 5) is 18.1. The summed E-state index contributed by atoms with van der Waals surface area (Å²) >= 11 is 9.70. The van der Waals surface area contributed by atoms with E-state index in [-0.39, 0.29) is 11.7 Å². The van der Waals surface area contributed by atoms with Crippen molar-refractivity contribution in [3.8, 4) is 11.8 Å². The summed E-state index contributed by atoms with van der Waals surface area (Å²) in [7, 11) is 0. The Balaban J connectivity index is 1.41. The number of benzene rings is 4. The number of carbonyl (C=O) groups excluding carboxylic acids is 1. The molecule has 218 valence electrons. The van der Waals surface area contributed by atoms with Gasteiger partial charge in [-0.15, -0.1) is 11.3 Å². The maximum absolute atomic E-state index is 13.1. The number of thiazole rings is 1. The van der Waals surface area contributed by atoms with Gasteiger partial charge in [0.2, 0.25) is 5.91 Å². The van der Waals surface area contributed by atoms with Crippen LogP contribution in [-0.2, 0) is 4.79 Å². The Bertz CT molecular complexity index is 1900. The monoisotopic (exact) mass is 634 g/mol. The fourth-order valence-electron chi connectivity index (χ4n) is 5.10. The predicted molar refractivity (Wildman–Crippen MR) is 182 cm³/mol. The molecule has 1 aliphatic rings. The highest BCUT2D eigenvalue weighted by Gasteiger charge is 2.36. The van der Waals surface area contributed by atoms with Crippen LogP contribution >= 0.6 is 34.7 Å². The van der Waals surface area contributed by atoms with Gasteiger partial charge in [0.05, 0.1) is 50.9 Å². The van der Waals surface area contributed by atoms with Crippen molar-refractivity contribution in [1.29, 1.82) is 5.26 Å². The second-order valence-corrected chi connectivity index (χ2v) is 12.3. The molecule has 9 heteroatoms. The van der Waals surface area contributed by atoms with Crippen LogP contribution in [-0.4, -0.2) is 23.3 Å². The van der Waals surface area contributed by atoms with Crippen molar-refractivity contribution in [2.24, 2.45) is 0 Å². The maximum Gasteiger partial charge on any atom is 0.234 e. The number of dihydropyridines is 1. The van der Waals surface area contributed by atoms with Crippen LogP contribution in [0.5, 0.6) is 5.75 Å². The number of para-hydroxylation sites is 1. The van der Waals surface area contributed by atoms with E-state index in [4.69, 9.17) is 21.3 Å². The number of hydrogen-bond donors (Lipinski definition) is 2. The first-order chi connectivity index (χ1) is 21.6. The van der Waals surface area contributed by atoms with Crippen molar-refractivity contribution < 1.29 is 9.53 Å². The van der Waals surface area contributed by atoms with E-state index >= 15 is 0 Å². The van der Waals surface area contributed by atoms with Gasteiger partial charge in [-0.05, 0) is 60.5 Å². The molecular formula is C35H27ClN4O2S2. The minimum atomic E-state index is -0.512. The highest BCUT2D eigenvalue weighted by atomic mass is 35.5. The molecule has 4 aromatic carbocycles. The van der Waals surface area contributed by atoms with Gasteiger partial charge >= 0.3 is 0 Å². The minimum Gasteiger partial charge on any atom is -0.494 e. The van der Waals surface area contributed by atoms with E-state index in [2.05, 4.69) is 16.7 Å². The number of ether oxygens (including phenoxy) is 1. The van der Waals surface area contributed by atoms with Crippen LogP contribution in [0.1, 0.15) is 29.0 Å². The topological polar surface area (TPSA) is 87.0 Å². The molecule has 5 aromatic rings. The van der Waals surface area contributed by atoms with Crippen molar-refractivity contribution in [3.63, 3.8) is 0 Å². The SMILES string of the molecule is CCOc1ccc(NC(=O)CSC2=C(C#N)C(c3ccccc3Cl)C(c3nc4ccccc4s3)=C(c3ccccc3)N2)cc1. The number of nitrogens with zero attached hydrogens (tertiary/aromatic N) is 2. The first-order valence-corrected chi connectivity index (χ1v) is 16.2. The van der Waals surface area contributed by atoms with Gasteiger partial charge in [0.25, 0.3) is 0 Å². The smallest absolute Gasteiger partial charge is 0.234 e. The Morgan fingerprint density at radius 1 is 1.02 bits per heavy atom. The largest absolute Gasteiger partial charge is 0.494 e.